The molecule has 6 rings (SSSR count). The average Bonchev–Trinajstić information content (AvgIpc) is 3.78. The number of amides is 2. The number of nitrogens with zero attached hydrogens (tertiary/aromatic N) is 3. The summed E-state index contributed by atoms with van der Waals surface area (Å²) in [5.74, 6) is -0.133. The fraction of sp³-hybridized carbons (Fsp3) is 0.344. The van der Waals surface area contributed by atoms with E-state index in [0.29, 0.717) is 28.1 Å². The number of aliphatic hydroxyl groups is 2. The average molecular weight is 586 g/mol. The van der Waals surface area contributed by atoms with Gasteiger partial charge in [0.15, 0.2) is 0 Å². The maximum Gasteiger partial charge on any atom is 0.252 e. The smallest absolute Gasteiger partial charge is 0.252 e. The van der Waals surface area contributed by atoms with Crippen LogP contribution >= 0.6 is 0 Å². The van der Waals surface area contributed by atoms with Crippen LogP contribution in [-0.2, 0) is 11.2 Å². The number of rotatable bonds is 10. The number of nitrogens with one attached hydrogen (secondary N) is 2. The van der Waals surface area contributed by atoms with E-state index in [-0.39, 0.29) is 25.3 Å². The van der Waals surface area contributed by atoms with Crippen LogP contribution in [0.1, 0.15) is 54.1 Å². The number of carbonyl (C=O) groups excluding carboxylic acids is 2. The summed E-state index contributed by atoms with van der Waals surface area (Å²) in [6, 6.07) is 11.4. The number of phenols is 1. The minimum Gasteiger partial charge on any atom is -0.508 e. The number of imidazole rings is 1. The fourth-order valence-electron chi connectivity index (χ4n) is 6.13. The van der Waals surface area contributed by atoms with Crippen molar-refractivity contribution < 1.29 is 29.3 Å². The number of carbonyl (C=O) groups is 2. The summed E-state index contributed by atoms with van der Waals surface area (Å²) >= 11 is 0. The number of fused-ring (bicyclic) bond motifs is 2. The first-order valence-corrected chi connectivity index (χ1v) is 14.6. The summed E-state index contributed by atoms with van der Waals surface area (Å²) in [5, 5.41) is 32.8. The van der Waals surface area contributed by atoms with Crippen LogP contribution in [0.5, 0.6) is 5.75 Å². The first-order valence-electron chi connectivity index (χ1n) is 14.6. The molecule has 1 aliphatic carbocycles. The second-order valence-electron chi connectivity index (χ2n) is 11.1. The molecule has 2 aromatic carbocycles. The standard InChI is InChI=1S/C32H35N5O6/c38-12-11-36(19-39)32(42)28(15-22-17-33-26-8-7-24(40)16-25(22)26)35-31(41)20-6-9-29-27(14-20)34-30(21-10-13-43-18-21)37(29)23-4-2-1-3-5-23/h6-10,13-14,16-18,23,28,33,38-40H,1-5,11-12,15,19H2,(H,35,41)/t28-/m0/s1. The van der Waals surface area contributed by atoms with Crippen LogP contribution in [0.2, 0.25) is 0 Å². The minimum atomic E-state index is -1.05. The first-order chi connectivity index (χ1) is 21.0. The molecule has 1 saturated carbocycles. The molecule has 0 saturated heterocycles. The zero-order chi connectivity index (χ0) is 29.9. The summed E-state index contributed by atoms with van der Waals surface area (Å²) in [5.41, 5.74) is 4.29. The number of furan rings is 1. The number of hydrogen-bond donors (Lipinski definition) is 5. The number of aromatic nitrogens is 3. The van der Waals surface area contributed by atoms with Gasteiger partial charge in [-0.1, -0.05) is 19.3 Å². The lowest BCUT2D eigenvalue weighted by Crippen LogP contribution is -2.50. The molecule has 0 aliphatic heterocycles. The van der Waals surface area contributed by atoms with Crippen molar-refractivity contribution >= 4 is 33.8 Å². The molecule has 0 radical (unpaired) electrons. The second kappa shape index (κ2) is 12.3. The van der Waals surface area contributed by atoms with Crippen LogP contribution in [0.3, 0.4) is 0 Å². The van der Waals surface area contributed by atoms with Crippen molar-refractivity contribution in [3.05, 3.63) is 72.3 Å². The van der Waals surface area contributed by atoms with Gasteiger partial charge in [-0.3, -0.25) is 9.59 Å². The number of phenolic OH excluding ortho intramolecular Hbond substituents is 1. The quantitative estimate of drug-likeness (QED) is 0.154. The molecule has 0 unspecified atom stereocenters. The molecular weight excluding hydrogens is 550 g/mol. The molecule has 43 heavy (non-hydrogen) atoms. The van der Waals surface area contributed by atoms with E-state index in [9.17, 15) is 24.9 Å². The highest BCUT2D eigenvalue weighted by molar-refractivity contribution is 6.00. The SMILES string of the molecule is O=C(N[C@@H](Cc1c[nH]c2ccc(O)cc12)C(=O)N(CO)CCO)c1ccc2c(c1)nc(-c1ccoc1)n2C1CCCCC1. The van der Waals surface area contributed by atoms with Crippen LogP contribution in [0, 0.1) is 0 Å². The molecule has 5 N–H and O–H groups in total. The second-order valence-corrected chi connectivity index (χ2v) is 11.1. The highest BCUT2D eigenvalue weighted by Crippen LogP contribution is 2.36. The summed E-state index contributed by atoms with van der Waals surface area (Å²) in [4.78, 5) is 36.3. The van der Waals surface area contributed by atoms with Crippen LogP contribution in [0.4, 0.5) is 0 Å². The third-order valence-electron chi connectivity index (χ3n) is 8.30. The predicted octanol–water partition coefficient (Wildman–Crippen LogP) is 4.10. The lowest BCUT2D eigenvalue weighted by molar-refractivity contribution is -0.137. The zero-order valence-corrected chi connectivity index (χ0v) is 23.7. The van der Waals surface area contributed by atoms with Gasteiger partial charge in [0.25, 0.3) is 5.91 Å². The van der Waals surface area contributed by atoms with E-state index in [4.69, 9.17) is 9.40 Å². The number of H-pyrrole nitrogens is 1. The van der Waals surface area contributed by atoms with E-state index >= 15 is 0 Å². The number of aromatic amines is 1. The molecule has 2 amide bonds. The maximum atomic E-state index is 13.6. The summed E-state index contributed by atoms with van der Waals surface area (Å²) in [6.07, 6.45) is 10.8. The molecule has 0 spiro atoms. The number of benzene rings is 2. The lowest BCUT2D eigenvalue weighted by Gasteiger charge is -2.26. The number of aliphatic hydroxyl groups excluding tert-OH is 2. The van der Waals surface area contributed by atoms with Gasteiger partial charge < -0.3 is 39.5 Å². The summed E-state index contributed by atoms with van der Waals surface area (Å²) in [7, 11) is 0. The van der Waals surface area contributed by atoms with Gasteiger partial charge in [-0.25, -0.2) is 4.98 Å². The van der Waals surface area contributed by atoms with Crippen LogP contribution in [0.15, 0.2) is 65.6 Å². The van der Waals surface area contributed by atoms with E-state index in [2.05, 4.69) is 14.9 Å². The summed E-state index contributed by atoms with van der Waals surface area (Å²) < 4.78 is 7.61. The van der Waals surface area contributed by atoms with Gasteiger partial charge in [0.05, 0.1) is 29.5 Å². The van der Waals surface area contributed by atoms with E-state index in [1.165, 1.54) is 6.42 Å². The Balaban J connectivity index is 1.32. The van der Waals surface area contributed by atoms with Gasteiger partial charge in [0.2, 0.25) is 5.91 Å². The molecule has 1 aliphatic rings. The first kappa shape index (κ1) is 28.5. The fourth-order valence-corrected chi connectivity index (χ4v) is 6.13. The maximum absolute atomic E-state index is 13.6. The van der Waals surface area contributed by atoms with Crippen molar-refractivity contribution in [1.29, 1.82) is 0 Å². The molecule has 11 nitrogen and oxygen atoms in total. The molecule has 0 bridgehead atoms. The molecule has 224 valence electrons. The van der Waals surface area contributed by atoms with E-state index < -0.39 is 24.6 Å². The Labute approximate surface area is 247 Å². The van der Waals surface area contributed by atoms with Gasteiger partial charge in [0, 0.05) is 41.7 Å². The predicted molar refractivity (Wildman–Crippen MR) is 160 cm³/mol. The van der Waals surface area contributed by atoms with E-state index in [1.54, 1.807) is 49.1 Å². The summed E-state index contributed by atoms with van der Waals surface area (Å²) in [6.45, 7) is -1.03. The monoisotopic (exact) mass is 585 g/mol. The highest BCUT2D eigenvalue weighted by Gasteiger charge is 2.28. The van der Waals surface area contributed by atoms with Crippen LogP contribution in [0.25, 0.3) is 33.3 Å². The van der Waals surface area contributed by atoms with Crippen molar-refractivity contribution in [2.75, 3.05) is 19.9 Å². The Morgan fingerprint density at radius 1 is 1.12 bits per heavy atom. The molecular formula is C32H35N5O6. The Morgan fingerprint density at radius 2 is 1.95 bits per heavy atom. The Morgan fingerprint density at radius 3 is 2.70 bits per heavy atom. The van der Waals surface area contributed by atoms with Gasteiger partial charge >= 0.3 is 0 Å². The largest absolute Gasteiger partial charge is 0.508 e. The number of hydrogen-bond acceptors (Lipinski definition) is 7. The lowest BCUT2D eigenvalue weighted by atomic mass is 9.95. The third-order valence-corrected chi connectivity index (χ3v) is 8.30. The van der Waals surface area contributed by atoms with Crippen molar-refractivity contribution in [2.45, 2.75) is 50.6 Å². The molecule has 3 aromatic heterocycles. The topological polar surface area (TPSA) is 157 Å². The Hall–Kier alpha value is -4.61. The Kier molecular flexibility index (Phi) is 8.17. The molecule has 5 aromatic rings. The molecule has 1 atom stereocenters. The van der Waals surface area contributed by atoms with Crippen LogP contribution in [-0.4, -0.2) is 72.5 Å². The van der Waals surface area contributed by atoms with Crippen molar-refractivity contribution in [3.63, 3.8) is 0 Å². The zero-order valence-electron chi connectivity index (χ0n) is 23.7. The van der Waals surface area contributed by atoms with Gasteiger partial charge in [-0.2, -0.15) is 0 Å². The molecule has 3 heterocycles. The van der Waals surface area contributed by atoms with Gasteiger partial charge in [-0.15, -0.1) is 0 Å². The minimum absolute atomic E-state index is 0.0771. The van der Waals surface area contributed by atoms with Crippen molar-refractivity contribution in [1.82, 2.24) is 24.8 Å². The van der Waals surface area contributed by atoms with Crippen LogP contribution < -0.4 is 5.32 Å². The van der Waals surface area contributed by atoms with Crippen molar-refractivity contribution in [3.8, 4) is 17.1 Å². The highest BCUT2D eigenvalue weighted by atomic mass is 16.3. The Bertz CT molecular complexity index is 1730. The molecule has 11 heteroatoms. The number of aromatic hydroxyl groups is 1. The third kappa shape index (κ3) is 5.73. The van der Waals surface area contributed by atoms with E-state index in [1.807, 2.05) is 12.1 Å². The molecule has 1 fully saturated rings. The van der Waals surface area contributed by atoms with Gasteiger partial charge in [0.1, 0.15) is 30.6 Å². The van der Waals surface area contributed by atoms with Gasteiger partial charge in [-0.05, 0) is 60.9 Å². The normalized spacial score (nSPS) is 14.7. The van der Waals surface area contributed by atoms with Crippen molar-refractivity contribution in [2.24, 2.45) is 0 Å². The van der Waals surface area contributed by atoms with E-state index in [0.717, 1.165) is 53.0 Å².